The van der Waals surface area contributed by atoms with Gasteiger partial charge in [0, 0.05) is 12.6 Å². The number of benzene rings is 2. The molecule has 2 aliphatic heterocycles. The maximum absolute atomic E-state index is 13.0. The van der Waals surface area contributed by atoms with Crippen molar-refractivity contribution in [3.05, 3.63) is 53.6 Å². The van der Waals surface area contributed by atoms with E-state index in [1.54, 1.807) is 42.5 Å². The lowest BCUT2D eigenvalue weighted by molar-refractivity contribution is -0.115. The van der Waals surface area contributed by atoms with Gasteiger partial charge >= 0.3 is 6.18 Å². The molecular formula is C24H20F3N5O5S. The summed E-state index contributed by atoms with van der Waals surface area (Å²) in [6.07, 6.45) is -3.40. The van der Waals surface area contributed by atoms with E-state index in [0.717, 1.165) is 0 Å². The average Bonchev–Trinajstić information content (AvgIpc) is 3.30. The van der Waals surface area contributed by atoms with Gasteiger partial charge in [0.25, 0.3) is 5.91 Å². The predicted octanol–water partition coefficient (Wildman–Crippen LogP) is 4.29. The van der Waals surface area contributed by atoms with Gasteiger partial charge in [-0.15, -0.1) is 0 Å². The quantitative estimate of drug-likeness (QED) is 0.373. The van der Waals surface area contributed by atoms with E-state index < -0.39 is 23.0 Å². The number of methoxy groups -OCH3 is 1. The van der Waals surface area contributed by atoms with Crippen molar-refractivity contribution in [2.24, 2.45) is 10.1 Å². The summed E-state index contributed by atoms with van der Waals surface area (Å²) in [5.41, 5.74) is 0.856. The van der Waals surface area contributed by atoms with Crippen molar-refractivity contribution in [3.63, 3.8) is 0 Å². The maximum atomic E-state index is 13.0. The summed E-state index contributed by atoms with van der Waals surface area (Å²) in [5.74, 6) is -0.242. The Bertz CT molecular complexity index is 1370. The molecule has 2 aromatic carbocycles. The molecule has 2 aliphatic rings. The van der Waals surface area contributed by atoms with E-state index in [1.165, 1.54) is 20.1 Å². The Labute approximate surface area is 218 Å². The van der Waals surface area contributed by atoms with Gasteiger partial charge in [-0.05, 0) is 59.8 Å². The number of halogens is 3. The molecule has 2 aromatic rings. The number of fused-ring (bicyclic) bond motifs is 1. The molecule has 38 heavy (non-hydrogen) atoms. The number of nitrogens with zero attached hydrogens (tertiary/aromatic N) is 3. The first-order valence-electron chi connectivity index (χ1n) is 10.9. The van der Waals surface area contributed by atoms with Crippen LogP contribution in [-0.2, 0) is 9.59 Å². The molecule has 4 rings (SSSR count). The molecule has 2 amide bonds. The SMILES string of the molecule is COc1cc(/C=C2\C(=N)N3N=C(C(F)(F)F)SC3=NC2=O)ccc1OCCOc1ccc(NC(C)=O)cc1. The molecule has 10 nitrogen and oxygen atoms in total. The fourth-order valence-corrected chi connectivity index (χ4v) is 4.07. The number of hydrazone groups is 1. The van der Waals surface area contributed by atoms with E-state index in [1.807, 2.05) is 0 Å². The molecular weight excluding hydrogens is 527 g/mol. The minimum absolute atomic E-state index is 0.172. The second-order valence-corrected chi connectivity index (χ2v) is 8.69. The summed E-state index contributed by atoms with van der Waals surface area (Å²) in [5, 5.41) is 13.4. The highest BCUT2D eigenvalue weighted by atomic mass is 32.2. The van der Waals surface area contributed by atoms with Gasteiger partial charge < -0.3 is 19.5 Å². The fourth-order valence-electron chi connectivity index (χ4n) is 3.32. The number of hydrogen-bond acceptors (Lipinski definition) is 8. The Hall–Kier alpha value is -4.33. The number of aliphatic imine (C=N–C) groups is 1. The van der Waals surface area contributed by atoms with Crippen molar-refractivity contribution in [2.45, 2.75) is 13.1 Å². The van der Waals surface area contributed by atoms with Gasteiger partial charge in [0.15, 0.2) is 17.3 Å². The molecule has 0 aliphatic carbocycles. The third-order valence-corrected chi connectivity index (χ3v) is 5.93. The van der Waals surface area contributed by atoms with Gasteiger partial charge in [0.1, 0.15) is 19.0 Å². The van der Waals surface area contributed by atoms with Crippen molar-refractivity contribution in [1.82, 2.24) is 5.01 Å². The minimum atomic E-state index is -4.72. The van der Waals surface area contributed by atoms with Gasteiger partial charge in [0.2, 0.25) is 16.1 Å². The van der Waals surface area contributed by atoms with E-state index >= 15 is 0 Å². The number of rotatable bonds is 8. The number of carbonyl (C=O) groups excluding carboxylic acids is 2. The number of amidine groups is 2. The first kappa shape index (κ1) is 26.7. The molecule has 0 fully saturated rings. The number of thioether (sulfide) groups is 1. The molecule has 0 saturated heterocycles. The van der Waals surface area contributed by atoms with E-state index in [9.17, 15) is 22.8 Å². The van der Waals surface area contributed by atoms with Crippen LogP contribution in [0.15, 0.2) is 58.1 Å². The van der Waals surface area contributed by atoms with Crippen LogP contribution >= 0.6 is 11.8 Å². The lowest BCUT2D eigenvalue weighted by Crippen LogP contribution is -2.35. The van der Waals surface area contributed by atoms with Gasteiger partial charge in [-0.2, -0.15) is 28.3 Å². The van der Waals surface area contributed by atoms with Gasteiger partial charge in [-0.25, -0.2) is 0 Å². The van der Waals surface area contributed by atoms with E-state index in [2.05, 4.69) is 15.4 Å². The molecule has 2 heterocycles. The van der Waals surface area contributed by atoms with Crippen LogP contribution in [0, 0.1) is 5.41 Å². The monoisotopic (exact) mass is 547 g/mol. The number of nitrogens with one attached hydrogen (secondary N) is 2. The van der Waals surface area contributed by atoms with Crippen LogP contribution in [0.25, 0.3) is 6.08 Å². The third-order valence-electron chi connectivity index (χ3n) is 4.98. The van der Waals surface area contributed by atoms with Gasteiger partial charge in [-0.3, -0.25) is 15.0 Å². The number of carbonyl (C=O) groups is 2. The standard InChI is InChI=1S/C24H20F3N5O5S/c1-13(33)29-15-4-6-16(7-5-15)36-9-10-37-18-8-3-14(12-19(18)35-2)11-17-20(28)32-23(30-21(17)34)38-22(31-32)24(25,26)27/h3-8,11-12,28H,9-10H2,1-2H3,(H,29,33)/b17-11+,28-20?. The second kappa shape index (κ2) is 11.0. The lowest BCUT2D eigenvalue weighted by Gasteiger charge is -2.20. The molecule has 0 spiro atoms. The zero-order valence-corrected chi connectivity index (χ0v) is 20.8. The molecule has 0 unspecified atom stereocenters. The van der Waals surface area contributed by atoms with Crippen LogP contribution in [0.4, 0.5) is 18.9 Å². The van der Waals surface area contributed by atoms with Crippen LogP contribution < -0.4 is 19.5 Å². The first-order valence-corrected chi connectivity index (χ1v) is 11.8. The second-order valence-electron chi connectivity index (χ2n) is 7.74. The van der Waals surface area contributed by atoms with Crippen molar-refractivity contribution < 1.29 is 37.0 Å². The van der Waals surface area contributed by atoms with E-state index in [-0.39, 0.29) is 41.6 Å². The summed E-state index contributed by atoms with van der Waals surface area (Å²) in [7, 11) is 1.42. The summed E-state index contributed by atoms with van der Waals surface area (Å²) < 4.78 is 55.7. The number of amides is 2. The average molecular weight is 548 g/mol. The predicted molar refractivity (Wildman–Crippen MR) is 136 cm³/mol. The van der Waals surface area contributed by atoms with Crippen molar-refractivity contribution in [1.29, 1.82) is 5.41 Å². The third kappa shape index (κ3) is 6.14. The number of hydrogen-bond donors (Lipinski definition) is 2. The highest BCUT2D eigenvalue weighted by Gasteiger charge is 2.46. The van der Waals surface area contributed by atoms with Crippen molar-refractivity contribution >= 4 is 51.4 Å². The molecule has 0 aromatic heterocycles. The maximum Gasteiger partial charge on any atom is 0.441 e. The number of alkyl halides is 3. The fraction of sp³-hybridized carbons (Fsp3) is 0.208. The molecule has 2 N–H and O–H groups in total. The summed E-state index contributed by atoms with van der Waals surface area (Å²) in [6.45, 7) is 1.81. The Kier molecular flexibility index (Phi) is 7.71. The minimum Gasteiger partial charge on any atom is -0.493 e. The zero-order valence-electron chi connectivity index (χ0n) is 20.0. The van der Waals surface area contributed by atoms with Gasteiger partial charge in [0.05, 0.1) is 12.7 Å². The zero-order chi connectivity index (χ0) is 27.4. The van der Waals surface area contributed by atoms with Gasteiger partial charge in [-0.1, -0.05) is 6.07 Å². The number of anilines is 1. The van der Waals surface area contributed by atoms with Crippen LogP contribution in [-0.4, -0.2) is 59.4 Å². The first-order chi connectivity index (χ1) is 18.0. The van der Waals surface area contributed by atoms with E-state index in [0.29, 0.717) is 33.5 Å². The lowest BCUT2D eigenvalue weighted by atomic mass is 10.1. The Morgan fingerprint density at radius 2 is 1.84 bits per heavy atom. The van der Waals surface area contributed by atoms with Crippen molar-refractivity contribution in [3.8, 4) is 17.2 Å². The molecule has 14 heteroatoms. The molecule has 0 saturated carbocycles. The van der Waals surface area contributed by atoms with E-state index in [4.69, 9.17) is 19.6 Å². The smallest absolute Gasteiger partial charge is 0.441 e. The van der Waals surface area contributed by atoms with Crippen LogP contribution in [0.3, 0.4) is 0 Å². The molecule has 0 atom stereocenters. The normalized spacial score (nSPS) is 16.1. The van der Waals surface area contributed by atoms with Crippen molar-refractivity contribution in [2.75, 3.05) is 25.6 Å². The van der Waals surface area contributed by atoms with Crippen LogP contribution in [0.2, 0.25) is 0 Å². The highest BCUT2D eigenvalue weighted by Crippen LogP contribution is 2.36. The Morgan fingerprint density at radius 3 is 2.50 bits per heavy atom. The topological polar surface area (TPSA) is 126 Å². The van der Waals surface area contributed by atoms with Crippen LogP contribution in [0.5, 0.6) is 17.2 Å². The summed E-state index contributed by atoms with van der Waals surface area (Å²) in [6, 6.07) is 11.6. The Morgan fingerprint density at radius 1 is 1.13 bits per heavy atom. The Balaban J connectivity index is 1.40. The van der Waals surface area contributed by atoms with Crippen LogP contribution in [0.1, 0.15) is 12.5 Å². The molecule has 198 valence electrons. The highest BCUT2D eigenvalue weighted by molar-refractivity contribution is 8.27. The largest absolute Gasteiger partial charge is 0.493 e. The molecule has 0 radical (unpaired) electrons. The molecule has 0 bridgehead atoms. The number of ether oxygens (including phenoxy) is 3. The summed E-state index contributed by atoms with van der Waals surface area (Å²) in [4.78, 5) is 27.2. The summed E-state index contributed by atoms with van der Waals surface area (Å²) >= 11 is 0.186.